The summed E-state index contributed by atoms with van der Waals surface area (Å²) in [5.41, 5.74) is 6.44. The lowest BCUT2D eigenvalue weighted by atomic mass is 9.97. The number of pyridine rings is 2. The highest BCUT2D eigenvalue weighted by Crippen LogP contribution is 2.31. The Kier molecular flexibility index (Phi) is 7.38. The summed E-state index contributed by atoms with van der Waals surface area (Å²) in [6.07, 6.45) is 8.80. The van der Waals surface area contributed by atoms with Gasteiger partial charge in [0.05, 0.1) is 23.8 Å². The van der Waals surface area contributed by atoms with Gasteiger partial charge < -0.3 is 10.6 Å². The zero-order chi connectivity index (χ0) is 29.1. The first-order valence-corrected chi connectivity index (χ1v) is 13.8. The lowest BCUT2D eigenvalue weighted by Crippen LogP contribution is -2.11. The van der Waals surface area contributed by atoms with Crippen LogP contribution in [0.3, 0.4) is 0 Å². The lowest BCUT2D eigenvalue weighted by Gasteiger charge is -2.14. The number of ketones is 1. The number of fused-ring (bicyclic) bond motifs is 2. The number of nitrogens with zero attached hydrogens (tertiary/aromatic N) is 6. The van der Waals surface area contributed by atoms with Crippen LogP contribution in [-0.2, 0) is 17.8 Å². The van der Waals surface area contributed by atoms with Crippen LogP contribution < -0.4 is 10.6 Å². The Bertz CT molecular complexity index is 1910. The second-order valence-corrected chi connectivity index (χ2v) is 10.3. The first-order chi connectivity index (χ1) is 20.5. The van der Waals surface area contributed by atoms with E-state index in [2.05, 4.69) is 53.3 Å². The minimum Gasteiger partial charge on any atom is -0.350 e. The summed E-state index contributed by atoms with van der Waals surface area (Å²) < 4.78 is 1.74. The molecule has 6 aromatic rings. The van der Waals surface area contributed by atoms with Crippen LogP contribution in [0.1, 0.15) is 36.5 Å². The summed E-state index contributed by atoms with van der Waals surface area (Å²) in [6, 6.07) is 20.0. The fraction of sp³-hybridized carbons (Fsp3) is 0.152. The van der Waals surface area contributed by atoms with E-state index in [9.17, 15) is 4.79 Å². The normalized spacial score (nSPS) is 11.2. The van der Waals surface area contributed by atoms with E-state index >= 15 is 0 Å². The molecule has 0 saturated heterocycles. The van der Waals surface area contributed by atoms with Crippen LogP contribution >= 0.6 is 0 Å². The smallest absolute Gasteiger partial charge is 0.232 e. The van der Waals surface area contributed by atoms with Crippen molar-refractivity contribution < 1.29 is 4.79 Å². The molecular weight excluding hydrogens is 524 g/mol. The van der Waals surface area contributed by atoms with Crippen molar-refractivity contribution in [2.45, 2.75) is 32.7 Å². The summed E-state index contributed by atoms with van der Waals surface area (Å²) >= 11 is 0. The molecular formula is C33H30N8O. The van der Waals surface area contributed by atoms with E-state index in [1.807, 2.05) is 60.9 Å². The molecule has 2 aromatic carbocycles. The lowest BCUT2D eigenvalue weighted by molar-refractivity contribution is -0.114. The number of allylic oxidation sites excluding steroid dienone is 1. The number of aromatic nitrogens is 6. The number of nitrogens with one attached hydrogen (secondary N) is 2. The van der Waals surface area contributed by atoms with E-state index in [0.717, 1.165) is 50.1 Å². The summed E-state index contributed by atoms with van der Waals surface area (Å²) in [6.45, 7) is 8.31. The van der Waals surface area contributed by atoms with E-state index in [4.69, 9.17) is 15.0 Å². The molecule has 42 heavy (non-hydrogen) atoms. The minimum atomic E-state index is -0.00429. The Hall–Kier alpha value is -5.44. The second kappa shape index (κ2) is 11.6. The van der Waals surface area contributed by atoms with Gasteiger partial charge in [0.25, 0.3) is 0 Å². The van der Waals surface area contributed by atoms with Gasteiger partial charge in [-0.15, -0.1) is 0 Å². The van der Waals surface area contributed by atoms with Crippen LogP contribution in [0, 0.1) is 0 Å². The van der Waals surface area contributed by atoms with E-state index in [-0.39, 0.29) is 11.7 Å². The third-order valence-corrected chi connectivity index (χ3v) is 7.08. The van der Waals surface area contributed by atoms with Crippen molar-refractivity contribution in [3.63, 3.8) is 0 Å². The van der Waals surface area contributed by atoms with E-state index in [1.165, 1.54) is 6.08 Å². The Morgan fingerprint density at radius 3 is 2.71 bits per heavy atom. The van der Waals surface area contributed by atoms with Crippen LogP contribution in [0.5, 0.6) is 0 Å². The molecule has 0 aliphatic carbocycles. The number of anilines is 3. The quantitative estimate of drug-likeness (QED) is 0.184. The third-order valence-electron chi connectivity index (χ3n) is 7.08. The summed E-state index contributed by atoms with van der Waals surface area (Å²) in [7, 11) is 0. The zero-order valence-corrected chi connectivity index (χ0v) is 23.5. The number of hydrogen-bond donors (Lipinski definition) is 2. The van der Waals surface area contributed by atoms with Crippen molar-refractivity contribution in [1.82, 2.24) is 29.5 Å². The Balaban J connectivity index is 1.35. The number of benzene rings is 2. The van der Waals surface area contributed by atoms with Crippen molar-refractivity contribution in [1.29, 1.82) is 0 Å². The highest BCUT2D eigenvalue weighted by molar-refractivity contribution is 5.97. The molecule has 6 rings (SSSR count). The maximum atomic E-state index is 11.9. The maximum absolute atomic E-state index is 11.9. The predicted molar refractivity (Wildman–Crippen MR) is 166 cm³/mol. The van der Waals surface area contributed by atoms with Gasteiger partial charge in [-0.25, -0.2) is 0 Å². The molecule has 4 aromatic heterocycles. The molecule has 0 unspecified atom stereocenters. The van der Waals surface area contributed by atoms with Gasteiger partial charge in [0.1, 0.15) is 0 Å². The predicted octanol–water partition coefficient (Wildman–Crippen LogP) is 6.51. The summed E-state index contributed by atoms with van der Waals surface area (Å²) in [4.78, 5) is 30.4. The molecule has 4 heterocycles. The highest BCUT2D eigenvalue weighted by Gasteiger charge is 2.17. The van der Waals surface area contributed by atoms with Crippen molar-refractivity contribution in [2.75, 3.05) is 10.6 Å². The highest BCUT2D eigenvalue weighted by atomic mass is 16.1. The summed E-state index contributed by atoms with van der Waals surface area (Å²) in [5, 5.41) is 13.4. The molecule has 0 fully saturated rings. The van der Waals surface area contributed by atoms with Crippen molar-refractivity contribution in [2.24, 2.45) is 0 Å². The van der Waals surface area contributed by atoms with Crippen molar-refractivity contribution in [3.05, 3.63) is 115 Å². The molecule has 0 aliphatic rings. The first-order valence-electron chi connectivity index (χ1n) is 13.8. The molecule has 2 N–H and O–H groups in total. The number of rotatable bonds is 10. The van der Waals surface area contributed by atoms with E-state index in [0.29, 0.717) is 24.9 Å². The van der Waals surface area contributed by atoms with Crippen LogP contribution in [0.2, 0.25) is 0 Å². The molecule has 9 heteroatoms. The Labute approximate surface area is 243 Å². The first kappa shape index (κ1) is 26.8. The van der Waals surface area contributed by atoms with Crippen molar-refractivity contribution >= 4 is 39.8 Å². The van der Waals surface area contributed by atoms with Crippen LogP contribution in [-0.4, -0.2) is 35.3 Å². The average molecular weight is 555 g/mol. The standard InChI is InChI=1S/C33H30N8O/c1-4-26(42)17-22-11-12-28-23(16-22)13-15-35-30(28)27-10-6-5-8-24(27)18-36-33-40-32(38-25-9-7-14-34-19-25)39-31-29(21(2)3)20-37-41(31)33/h4-16,19-21H,1,17-18H2,2-3H3,(H2,36,38,39,40). The van der Waals surface area contributed by atoms with Gasteiger partial charge in [-0.1, -0.05) is 62.9 Å². The molecule has 0 atom stereocenters. The fourth-order valence-corrected chi connectivity index (χ4v) is 4.94. The van der Waals surface area contributed by atoms with E-state index in [1.54, 1.807) is 16.9 Å². The van der Waals surface area contributed by atoms with Gasteiger partial charge in [0.2, 0.25) is 11.9 Å². The van der Waals surface area contributed by atoms with Gasteiger partial charge in [-0.2, -0.15) is 19.6 Å². The Morgan fingerprint density at radius 1 is 1.02 bits per heavy atom. The van der Waals surface area contributed by atoms with Crippen LogP contribution in [0.15, 0.2) is 98.1 Å². The average Bonchev–Trinajstić information content (AvgIpc) is 3.45. The molecule has 208 valence electrons. The molecule has 0 spiro atoms. The van der Waals surface area contributed by atoms with Gasteiger partial charge in [-0.05, 0) is 46.7 Å². The third kappa shape index (κ3) is 5.44. The fourth-order valence-electron chi connectivity index (χ4n) is 4.94. The van der Waals surface area contributed by atoms with Gasteiger partial charge >= 0.3 is 0 Å². The molecule has 0 aliphatic heterocycles. The molecule has 0 bridgehead atoms. The van der Waals surface area contributed by atoms with Gasteiger partial charge in [0.15, 0.2) is 11.4 Å². The number of hydrogen-bond acceptors (Lipinski definition) is 8. The van der Waals surface area contributed by atoms with Crippen LogP contribution in [0.4, 0.5) is 17.6 Å². The number of carbonyl (C=O) groups is 1. The van der Waals surface area contributed by atoms with E-state index < -0.39 is 0 Å². The topological polar surface area (TPSA) is 110 Å². The molecule has 0 radical (unpaired) electrons. The largest absolute Gasteiger partial charge is 0.350 e. The molecule has 9 nitrogen and oxygen atoms in total. The summed E-state index contributed by atoms with van der Waals surface area (Å²) in [5.74, 6) is 1.26. The molecule has 0 saturated carbocycles. The Morgan fingerprint density at radius 2 is 1.90 bits per heavy atom. The van der Waals surface area contributed by atoms with Gasteiger partial charge in [0, 0.05) is 41.9 Å². The second-order valence-electron chi connectivity index (χ2n) is 10.3. The van der Waals surface area contributed by atoms with Gasteiger partial charge in [-0.3, -0.25) is 14.8 Å². The number of carbonyl (C=O) groups excluding carboxylic acids is 1. The van der Waals surface area contributed by atoms with Crippen molar-refractivity contribution in [3.8, 4) is 11.3 Å². The monoisotopic (exact) mass is 554 g/mol. The zero-order valence-electron chi connectivity index (χ0n) is 23.5. The molecule has 0 amide bonds. The SMILES string of the molecule is C=CC(=O)Cc1ccc2c(-c3ccccc3CNc3nc(Nc4cccnc4)nc4c(C(C)C)cnn34)nccc2c1. The van der Waals surface area contributed by atoms with Crippen LogP contribution in [0.25, 0.3) is 27.7 Å². The maximum Gasteiger partial charge on any atom is 0.232 e. The minimum absolute atomic E-state index is 0.00429.